The molecule has 0 atom stereocenters. The molecule has 10 heteroatoms. The van der Waals surface area contributed by atoms with Crippen LogP contribution in [0.1, 0.15) is 16.7 Å². The van der Waals surface area contributed by atoms with Crippen LogP contribution in [0.15, 0.2) is 89.4 Å². The van der Waals surface area contributed by atoms with Gasteiger partial charge < -0.3 is 9.47 Å². The van der Waals surface area contributed by atoms with Gasteiger partial charge in [0.05, 0.1) is 24.8 Å². The Morgan fingerprint density at radius 2 is 1.84 bits per heavy atom. The van der Waals surface area contributed by atoms with E-state index in [1.54, 1.807) is 24.3 Å². The summed E-state index contributed by atoms with van der Waals surface area (Å²) in [6.45, 7) is 5.41. The molecule has 37 heavy (non-hydrogen) atoms. The van der Waals surface area contributed by atoms with Crippen LogP contribution in [0.5, 0.6) is 11.5 Å². The first-order valence-corrected chi connectivity index (χ1v) is 13.1. The van der Waals surface area contributed by atoms with Crippen molar-refractivity contribution in [3.8, 4) is 11.5 Å². The number of methoxy groups -OCH3 is 1. The average molecular weight is 542 g/mol. The Balaban J connectivity index is 1.76. The van der Waals surface area contributed by atoms with Gasteiger partial charge in [-0.05, 0) is 66.1 Å². The van der Waals surface area contributed by atoms with Crippen molar-refractivity contribution in [1.82, 2.24) is 9.73 Å². The number of ether oxygens (including phenoxy) is 2. The Morgan fingerprint density at radius 3 is 2.51 bits per heavy atom. The molecule has 3 aromatic rings. The van der Waals surface area contributed by atoms with Gasteiger partial charge in [0.15, 0.2) is 11.5 Å². The third-order valence-electron chi connectivity index (χ3n) is 5.33. The molecule has 0 radical (unpaired) electrons. The maximum Gasteiger partial charge on any atom is 0.255 e. The SMILES string of the molecule is C=CCOc1ccc(/C=N\NC(=O)CN(Cc2ccccc2C)S(=O)(=O)c2ccc(Cl)cc2)cc1OC. The van der Waals surface area contributed by atoms with Crippen LogP contribution in [-0.4, -0.2) is 45.1 Å². The van der Waals surface area contributed by atoms with Crippen LogP contribution in [0.3, 0.4) is 0 Å². The van der Waals surface area contributed by atoms with Crippen molar-refractivity contribution < 1.29 is 22.7 Å². The third-order valence-corrected chi connectivity index (χ3v) is 7.38. The number of nitrogens with zero attached hydrogens (tertiary/aromatic N) is 2. The summed E-state index contributed by atoms with van der Waals surface area (Å²) in [6, 6.07) is 18.4. The van der Waals surface area contributed by atoms with Crippen LogP contribution in [0.4, 0.5) is 0 Å². The smallest absolute Gasteiger partial charge is 0.255 e. The molecule has 1 N–H and O–H groups in total. The summed E-state index contributed by atoms with van der Waals surface area (Å²) in [5, 5.41) is 4.39. The van der Waals surface area contributed by atoms with E-state index in [4.69, 9.17) is 21.1 Å². The first-order chi connectivity index (χ1) is 17.7. The predicted octanol–water partition coefficient (Wildman–Crippen LogP) is 4.56. The number of amides is 1. The zero-order chi connectivity index (χ0) is 26.8. The number of carbonyl (C=O) groups excluding carboxylic acids is 1. The molecule has 0 saturated carbocycles. The molecular weight excluding hydrogens is 514 g/mol. The molecule has 0 aliphatic rings. The van der Waals surface area contributed by atoms with E-state index in [2.05, 4.69) is 17.1 Å². The second-order valence-corrected chi connectivity index (χ2v) is 10.3. The second kappa shape index (κ2) is 13.0. The van der Waals surface area contributed by atoms with Gasteiger partial charge in [0.25, 0.3) is 5.91 Å². The predicted molar refractivity (Wildman–Crippen MR) is 145 cm³/mol. The number of hydrogen-bond acceptors (Lipinski definition) is 6. The minimum atomic E-state index is -4.00. The number of hydrazone groups is 1. The zero-order valence-corrected chi connectivity index (χ0v) is 22.1. The summed E-state index contributed by atoms with van der Waals surface area (Å²) < 4.78 is 38.8. The van der Waals surface area contributed by atoms with Crippen molar-refractivity contribution in [1.29, 1.82) is 0 Å². The van der Waals surface area contributed by atoms with Crippen LogP contribution in [0.2, 0.25) is 5.02 Å². The number of carbonyl (C=O) groups is 1. The molecule has 0 unspecified atom stereocenters. The van der Waals surface area contributed by atoms with Crippen LogP contribution in [0, 0.1) is 6.92 Å². The number of rotatable bonds is 12. The molecule has 0 spiro atoms. The number of sulfonamides is 1. The monoisotopic (exact) mass is 541 g/mol. The summed E-state index contributed by atoms with van der Waals surface area (Å²) in [4.78, 5) is 12.8. The van der Waals surface area contributed by atoms with Gasteiger partial charge in [0, 0.05) is 11.6 Å². The van der Waals surface area contributed by atoms with Gasteiger partial charge in [-0.15, -0.1) is 0 Å². The lowest BCUT2D eigenvalue weighted by molar-refractivity contribution is -0.121. The number of benzene rings is 3. The molecule has 0 aliphatic heterocycles. The quantitative estimate of drug-likeness (QED) is 0.206. The van der Waals surface area contributed by atoms with Gasteiger partial charge in [-0.2, -0.15) is 9.41 Å². The van der Waals surface area contributed by atoms with E-state index in [1.807, 2.05) is 31.2 Å². The van der Waals surface area contributed by atoms with Crippen molar-refractivity contribution >= 4 is 33.7 Å². The van der Waals surface area contributed by atoms with Crippen molar-refractivity contribution in [2.75, 3.05) is 20.3 Å². The summed E-state index contributed by atoms with van der Waals surface area (Å²) in [7, 11) is -2.49. The van der Waals surface area contributed by atoms with Gasteiger partial charge >= 0.3 is 0 Å². The van der Waals surface area contributed by atoms with E-state index < -0.39 is 22.5 Å². The van der Waals surface area contributed by atoms with Crippen molar-refractivity contribution in [3.63, 3.8) is 0 Å². The van der Waals surface area contributed by atoms with Crippen molar-refractivity contribution in [2.45, 2.75) is 18.4 Å². The zero-order valence-electron chi connectivity index (χ0n) is 20.6. The van der Waals surface area contributed by atoms with Gasteiger partial charge in [0.2, 0.25) is 10.0 Å². The summed E-state index contributed by atoms with van der Waals surface area (Å²) in [6.07, 6.45) is 3.05. The lowest BCUT2D eigenvalue weighted by Gasteiger charge is -2.22. The summed E-state index contributed by atoms with van der Waals surface area (Å²) in [5.41, 5.74) is 4.73. The van der Waals surface area contributed by atoms with E-state index >= 15 is 0 Å². The number of aryl methyl sites for hydroxylation is 1. The molecule has 0 aliphatic carbocycles. The highest BCUT2D eigenvalue weighted by Gasteiger charge is 2.27. The first-order valence-electron chi connectivity index (χ1n) is 11.3. The molecule has 0 aromatic heterocycles. The lowest BCUT2D eigenvalue weighted by Crippen LogP contribution is -2.39. The summed E-state index contributed by atoms with van der Waals surface area (Å²) >= 11 is 5.93. The highest BCUT2D eigenvalue weighted by Crippen LogP contribution is 2.27. The van der Waals surface area contributed by atoms with E-state index in [-0.39, 0.29) is 11.4 Å². The van der Waals surface area contributed by atoms with E-state index in [9.17, 15) is 13.2 Å². The molecule has 0 fully saturated rings. The van der Waals surface area contributed by atoms with Gasteiger partial charge in [-0.25, -0.2) is 13.8 Å². The summed E-state index contributed by atoms with van der Waals surface area (Å²) in [5.74, 6) is 0.443. The van der Waals surface area contributed by atoms with E-state index in [0.717, 1.165) is 15.4 Å². The third kappa shape index (κ3) is 7.66. The standard InChI is InChI=1S/C27H28ClN3O5S/c1-4-15-36-25-14-9-21(16-26(25)35-3)17-29-30-27(32)19-31(18-22-8-6-5-7-20(22)2)37(33,34)24-12-10-23(28)11-13-24/h4-14,16-17H,1,15,18-19H2,2-3H3,(H,30,32)/b29-17-. The molecule has 0 heterocycles. The van der Waals surface area contributed by atoms with Gasteiger partial charge in [-0.3, -0.25) is 4.79 Å². The van der Waals surface area contributed by atoms with E-state index in [1.165, 1.54) is 37.6 Å². The Hall–Kier alpha value is -3.66. The molecule has 3 rings (SSSR count). The van der Waals surface area contributed by atoms with Crippen LogP contribution < -0.4 is 14.9 Å². The Kier molecular flexibility index (Phi) is 9.85. The van der Waals surface area contributed by atoms with E-state index in [0.29, 0.717) is 28.7 Å². The Bertz CT molecular complexity index is 1380. The lowest BCUT2D eigenvalue weighted by atomic mass is 10.1. The number of nitrogens with one attached hydrogen (secondary N) is 1. The maximum atomic E-state index is 13.4. The molecule has 3 aromatic carbocycles. The minimum absolute atomic E-state index is 0.0120. The molecule has 0 bridgehead atoms. The van der Waals surface area contributed by atoms with Gasteiger partial charge in [-0.1, -0.05) is 48.5 Å². The normalized spacial score (nSPS) is 11.5. The topological polar surface area (TPSA) is 97.3 Å². The molecule has 0 saturated heterocycles. The largest absolute Gasteiger partial charge is 0.493 e. The maximum absolute atomic E-state index is 13.4. The molecule has 194 valence electrons. The number of hydrogen-bond donors (Lipinski definition) is 1. The van der Waals surface area contributed by atoms with Crippen LogP contribution in [0.25, 0.3) is 0 Å². The Morgan fingerprint density at radius 1 is 1.11 bits per heavy atom. The highest BCUT2D eigenvalue weighted by molar-refractivity contribution is 7.89. The fourth-order valence-electron chi connectivity index (χ4n) is 3.37. The Labute approximate surface area is 222 Å². The average Bonchev–Trinajstić information content (AvgIpc) is 2.88. The van der Waals surface area contributed by atoms with Gasteiger partial charge in [0.1, 0.15) is 6.61 Å². The van der Waals surface area contributed by atoms with Crippen molar-refractivity contribution in [2.24, 2.45) is 5.10 Å². The van der Waals surface area contributed by atoms with Crippen LogP contribution in [-0.2, 0) is 21.4 Å². The fourth-order valence-corrected chi connectivity index (χ4v) is 4.87. The second-order valence-electron chi connectivity index (χ2n) is 7.96. The molecular formula is C27H28ClN3O5S. The minimum Gasteiger partial charge on any atom is -0.493 e. The highest BCUT2D eigenvalue weighted by atomic mass is 35.5. The van der Waals surface area contributed by atoms with Crippen molar-refractivity contribution in [3.05, 3.63) is 101 Å². The van der Waals surface area contributed by atoms with Crippen LogP contribution >= 0.6 is 11.6 Å². The number of halogens is 1. The first kappa shape index (κ1) is 27.9. The fraction of sp³-hybridized carbons (Fsp3) is 0.185. The molecule has 1 amide bonds. The molecule has 8 nitrogen and oxygen atoms in total.